The van der Waals surface area contributed by atoms with E-state index in [9.17, 15) is 0 Å². The molecule has 112 valence electrons. The molecule has 0 aliphatic carbocycles. The van der Waals surface area contributed by atoms with E-state index in [0.717, 1.165) is 26.1 Å². The molecule has 0 bridgehead atoms. The van der Waals surface area contributed by atoms with Crippen LogP contribution in [0.3, 0.4) is 0 Å². The Kier molecular flexibility index (Phi) is 5.07. The van der Waals surface area contributed by atoms with Crippen molar-refractivity contribution in [1.29, 1.82) is 0 Å². The Hall–Kier alpha value is -1.16. The van der Waals surface area contributed by atoms with E-state index in [1.807, 2.05) is 11.3 Å². The van der Waals surface area contributed by atoms with E-state index < -0.39 is 0 Å². The lowest BCUT2D eigenvalue weighted by Crippen LogP contribution is -2.38. The lowest BCUT2D eigenvalue weighted by molar-refractivity contribution is 0.261. The third-order valence-corrected chi connectivity index (χ3v) is 5.23. The van der Waals surface area contributed by atoms with Crippen molar-refractivity contribution in [2.24, 2.45) is 0 Å². The Labute approximate surface area is 131 Å². The molecule has 2 nitrogen and oxygen atoms in total. The maximum Gasteiger partial charge on any atom is 0.0331 e. The van der Waals surface area contributed by atoms with Gasteiger partial charge in [-0.1, -0.05) is 30.3 Å². The Balaban J connectivity index is 1.62. The van der Waals surface area contributed by atoms with Crippen molar-refractivity contribution >= 4 is 11.3 Å². The summed E-state index contributed by atoms with van der Waals surface area (Å²) in [5, 5.41) is 5.93. The van der Waals surface area contributed by atoms with Crippen LogP contribution in [-0.2, 0) is 13.0 Å². The minimum atomic E-state index is 0.565. The van der Waals surface area contributed by atoms with Crippen molar-refractivity contribution in [3.63, 3.8) is 0 Å². The van der Waals surface area contributed by atoms with Crippen LogP contribution >= 0.6 is 11.3 Å². The zero-order valence-electron chi connectivity index (χ0n) is 12.7. The Bertz CT molecular complexity index is 549. The highest BCUT2D eigenvalue weighted by Gasteiger charge is 2.18. The molecule has 0 amide bonds. The summed E-state index contributed by atoms with van der Waals surface area (Å²) in [7, 11) is 0. The van der Waals surface area contributed by atoms with Gasteiger partial charge in [-0.3, -0.25) is 4.90 Å². The molecule has 3 heteroatoms. The van der Waals surface area contributed by atoms with Gasteiger partial charge < -0.3 is 5.32 Å². The summed E-state index contributed by atoms with van der Waals surface area (Å²) in [5.74, 6) is 0. The van der Waals surface area contributed by atoms with Crippen molar-refractivity contribution in [1.82, 2.24) is 10.2 Å². The van der Waals surface area contributed by atoms with Crippen LogP contribution in [0.1, 0.15) is 22.4 Å². The van der Waals surface area contributed by atoms with Gasteiger partial charge in [0.15, 0.2) is 0 Å². The van der Waals surface area contributed by atoms with Crippen molar-refractivity contribution in [2.45, 2.75) is 32.4 Å². The zero-order valence-corrected chi connectivity index (χ0v) is 13.5. The topological polar surface area (TPSA) is 15.3 Å². The van der Waals surface area contributed by atoms with Crippen LogP contribution in [0.4, 0.5) is 0 Å². The van der Waals surface area contributed by atoms with Gasteiger partial charge in [-0.15, -0.1) is 11.3 Å². The van der Waals surface area contributed by atoms with Gasteiger partial charge in [0.1, 0.15) is 0 Å². The normalized spacial score (nSPS) is 20.3. The highest BCUT2D eigenvalue weighted by molar-refractivity contribution is 7.10. The van der Waals surface area contributed by atoms with E-state index >= 15 is 0 Å². The molecule has 0 spiro atoms. The van der Waals surface area contributed by atoms with E-state index in [1.165, 1.54) is 29.0 Å². The quantitative estimate of drug-likeness (QED) is 0.930. The summed E-state index contributed by atoms with van der Waals surface area (Å²) in [6, 6.07) is 13.6. The molecule has 1 unspecified atom stereocenters. The molecule has 1 aromatic heterocycles. The number of hydrogen-bond donors (Lipinski definition) is 1. The first kappa shape index (κ1) is 14.8. The molecule has 2 aromatic rings. The van der Waals surface area contributed by atoms with Gasteiger partial charge in [-0.25, -0.2) is 0 Å². The van der Waals surface area contributed by atoms with Crippen LogP contribution in [0.15, 0.2) is 41.8 Å². The van der Waals surface area contributed by atoms with E-state index in [-0.39, 0.29) is 0 Å². The number of hydrogen-bond acceptors (Lipinski definition) is 3. The summed E-state index contributed by atoms with van der Waals surface area (Å²) in [5.41, 5.74) is 2.88. The molecule has 3 rings (SSSR count). The summed E-state index contributed by atoms with van der Waals surface area (Å²) in [6.07, 6.45) is 2.37. The third-order valence-electron chi connectivity index (χ3n) is 4.22. The monoisotopic (exact) mass is 300 g/mol. The third kappa shape index (κ3) is 4.16. The van der Waals surface area contributed by atoms with Gasteiger partial charge in [0.25, 0.3) is 0 Å². The lowest BCUT2D eigenvalue weighted by atomic mass is 10.1. The smallest absolute Gasteiger partial charge is 0.0331 e. The molecule has 0 saturated carbocycles. The van der Waals surface area contributed by atoms with Gasteiger partial charge in [0, 0.05) is 24.0 Å². The molecule has 0 radical (unpaired) electrons. The maximum atomic E-state index is 3.72. The molecule has 21 heavy (non-hydrogen) atoms. The summed E-state index contributed by atoms with van der Waals surface area (Å²) in [4.78, 5) is 4.14. The number of nitrogens with zero attached hydrogens (tertiary/aromatic N) is 1. The average molecular weight is 300 g/mol. The molecule has 1 aromatic carbocycles. The fourth-order valence-corrected chi connectivity index (χ4v) is 3.97. The van der Waals surface area contributed by atoms with Gasteiger partial charge in [-0.2, -0.15) is 0 Å². The van der Waals surface area contributed by atoms with Crippen LogP contribution in [0, 0.1) is 6.92 Å². The fraction of sp³-hybridized carbons (Fsp3) is 0.444. The van der Waals surface area contributed by atoms with Gasteiger partial charge >= 0.3 is 0 Å². The number of aryl methyl sites for hydroxylation is 1. The molecule has 1 saturated heterocycles. The van der Waals surface area contributed by atoms with Crippen molar-refractivity contribution in [3.05, 3.63) is 57.8 Å². The van der Waals surface area contributed by atoms with Gasteiger partial charge in [0.05, 0.1) is 0 Å². The molecule has 1 N–H and O–H groups in total. The number of benzene rings is 1. The molecule has 1 fully saturated rings. The summed E-state index contributed by atoms with van der Waals surface area (Å²) in [6.45, 7) is 6.82. The largest absolute Gasteiger partial charge is 0.312 e. The standard InChI is InChI=1S/C18H24N2S/c1-15-8-11-21-18(15)14-20-10-5-9-19-17(13-20)12-16-6-3-2-4-7-16/h2-4,6-8,11,17,19H,5,9-10,12-14H2,1H3. The Morgan fingerprint density at radius 1 is 1.24 bits per heavy atom. The minimum absolute atomic E-state index is 0.565. The van der Waals surface area contributed by atoms with E-state index in [2.05, 4.69) is 58.9 Å². The maximum absolute atomic E-state index is 3.72. The zero-order chi connectivity index (χ0) is 14.5. The SMILES string of the molecule is Cc1ccsc1CN1CCCNC(Cc2ccccc2)C1. The van der Waals surface area contributed by atoms with E-state index in [1.54, 1.807) is 0 Å². The van der Waals surface area contributed by atoms with Crippen molar-refractivity contribution in [2.75, 3.05) is 19.6 Å². The molecular weight excluding hydrogens is 276 g/mol. The first-order chi connectivity index (χ1) is 10.3. The second kappa shape index (κ2) is 7.21. The van der Waals surface area contributed by atoms with Crippen molar-refractivity contribution in [3.8, 4) is 0 Å². The predicted molar refractivity (Wildman–Crippen MR) is 90.9 cm³/mol. The molecule has 1 aliphatic heterocycles. The first-order valence-electron chi connectivity index (χ1n) is 7.84. The average Bonchev–Trinajstić information content (AvgIpc) is 2.76. The van der Waals surface area contributed by atoms with E-state index in [4.69, 9.17) is 0 Å². The van der Waals surface area contributed by atoms with Crippen LogP contribution in [-0.4, -0.2) is 30.6 Å². The lowest BCUT2D eigenvalue weighted by Gasteiger charge is -2.24. The number of nitrogens with one attached hydrogen (secondary N) is 1. The molecule has 1 aliphatic rings. The van der Waals surface area contributed by atoms with E-state index in [0.29, 0.717) is 6.04 Å². The number of thiophene rings is 1. The Morgan fingerprint density at radius 3 is 2.86 bits per heavy atom. The number of rotatable bonds is 4. The van der Waals surface area contributed by atoms with Crippen molar-refractivity contribution < 1.29 is 0 Å². The molecule has 2 heterocycles. The second-order valence-corrected chi connectivity index (χ2v) is 6.96. The van der Waals surface area contributed by atoms with Crippen LogP contribution < -0.4 is 5.32 Å². The Morgan fingerprint density at radius 2 is 2.10 bits per heavy atom. The first-order valence-corrected chi connectivity index (χ1v) is 8.72. The molecular formula is C18H24N2S. The highest BCUT2D eigenvalue weighted by Crippen LogP contribution is 2.19. The van der Waals surface area contributed by atoms with Gasteiger partial charge in [0.2, 0.25) is 0 Å². The van der Waals surface area contributed by atoms with Crippen LogP contribution in [0.5, 0.6) is 0 Å². The fourth-order valence-electron chi connectivity index (χ4n) is 3.02. The second-order valence-electron chi connectivity index (χ2n) is 5.96. The highest BCUT2D eigenvalue weighted by atomic mass is 32.1. The van der Waals surface area contributed by atoms with Crippen LogP contribution in [0.25, 0.3) is 0 Å². The van der Waals surface area contributed by atoms with Crippen LogP contribution in [0.2, 0.25) is 0 Å². The molecule has 1 atom stereocenters. The minimum Gasteiger partial charge on any atom is -0.312 e. The van der Waals surface area contributed by atoms with Gasteiger partial charge in [-0.05, 0) is 55.4 Å². The predicted octanol–water partition coefficient (Wildman–Crippen LogP) is 3.46. The summed E-state index contributed by atoms with van der Waals surface area (Å²) >= 11 is 1.89. The summed E-state index contributed by atoms with van der Waals surface area (Å²) < 4.78 is 0.